The van der Waals surface area contributed by atoms with Gasteiger partial charge in [0.1, 0.15) is 6.33 Å². The maximum atomic E-state index is 12.4. The lowest BCUT2D eigenvalue weighted by atomic mass is 10.1. The Bertz CT molecular complexity index is 773. The van der Waals surface area contributed by atoms with E-state index in [1.807, 2.05) is 30.3 Å². The van der Waals surface area contributed by atoms with Crippen LogP contribution >= 0.6 is 15.9 Å². The van der Waals surface area contributed by atoms with Gasteiger partial charge in [0.05, 0.1) is 11.3 Å². The highest BCUT2D eigenvalue weighted by atomic mass is 79.9. The molecule has 0 aliphatic heterocycles. The van der Waals surface area contributed by atoms with E-state index < -0.39 is 0 Å². The highest BCUT2D eigenvalue weighted by Gasteiger charge is 2.13. The Kier molecular flexibility index (Phi) is 3.74. The first-order valence-corrected chi connectivity index (χ1v) is 6.92. The lowest BCUT2D eigenvalue weighted by molar-refractivity contribution is 0.102. The van der Waals surface area contributed by atoms with Gasteiger partial charge in [-0.05, 0) is 40.8 Å². The van der Waals surface area contributed by atoms with Gasteiger partial charge in [-0.3, -0.25) is 4.79 Å². The van der Waals surface area contributed by atoms with Gasteiger partial charge in [-0.25, -0.2) is 0 Å². The zero-order valence-electron chi connectivity index (χ0n) is 10.8. The molecule has 1 N–H and O–H groups in total. The second-order valence-electron chi connectivity index (χ2n) is 4.24. The van der Waals surface area contributed by atoms with Crippen molar-refractivity contribution in [2.45, 2.75) is 0 Å². The molecule has 1 aromatic heterocycles. The van der Waals surface area contributed by atoms with E-state index in [4.69, 9.17) is 0 Å². The minimum absolute atomic E-state index is 0.223. The molecule has 0 unspecified atom stereocenters. The van der Waals surface area contributed by atoms with Crippen molar-refractivity contribution < 1.29 is 4.79 Å². The van der Waals surface area contributed by atoms with Gasteiger partial charge in [0, 0.05) is 10.2 Å². The van der Waals surface area contributed by atoms with Gasteiger partial charge in [-0.15, -0.1) is 5.10 Å². The third kappa shape index (κ3) is 2.97. The molecule has 104 valence electrons. The number of amides is 1. The molecule has 0 saturated heterocycles. The number of hydrogen-bond acceptors (Lipinski definition) is 4. The van der Waals surface area contributed by atoms with Gasteiger partial charge in [0.15, 0.2) is 0 Å². The molecule has 0 aliphatic carbocycles. The van der Waals surface area contributed by atoms with Crippen molar-refractivity contribution in [3.8, 4) is 5.69 Å². The van der Waals surface area contributed by atoms with Crippen LogP contribution in [0.2, 0.25) is 0 Å². The van der Waals surface area contributed by atoms with Crippen LogP contribution < -0.4 is 5.32 Å². The molecule has 2 aromatic carbocycles. The third-order valence-corrected chi connectivity index (χ3v) is 3.32. The molecule has 1 heterocycles. The maximum Gasteiger partial charge on any atom is 0.257 e. The predicted octanol–water partition coefficient (Wildman–Crippen LogP) is 2.68. The normalized spacial score (nSPS) is 10.3. The highest BCUT2D eigenvalue weighted by Crippen LogP contribution is 2.18. The molecule has 0 radical (unpaired) electrons. The topological polar surface area (TPSA) is 72.7 Å². The number of aromatic nitrogens is 4. The number of carbonyl (C=O) groups is 1. The van der Waals surface area contributed by atoms with Crippen molar-refractivity contribution in [2.75, 3.05) is 5.32 Å². The third-order valence-electron chi connectivity index (χ3n) is 2.83. The van der Waals surface area contributed by atoms with Crippen LogP contribution in [-0.4, -0.2) is 26.1 Å². The van der Waals surface area contributed by atoms with Crippen molar-refractivity contribution in [2.24, 2.45) is 0 Å². The fraction of sp³-hybridized carbons (Fsp3) is 0. The Morgan fingerprint density at radius 3 is 2.76 bits per heavy atom. The standard InChI is InChI=1S/C14H10BrN5O/c15-10-4-3-5-11(8-10)17-14(21)12-6-1-2-7-13(12)20-9-16-18-19-20/h1-9H,(H,17,21). The summed E-state index contributed by atoms with van der Waals surface area (Å²) in [5.74, 6) is -0.223. The van der Waals surface area contributed by atoms with E-state index in [1.54, 1.807) is 18.2 Å². The van der Waals surface area contributed by atoms with Gasteiger partial charge in [0.25, 0.3) is 5.91 Å². The van der Waals surface area contributed by atoms with E-state index in [0.29, 0.717) is 16.9 Å². The fourth-order valence-electron chi connectivity index (χ4n) is 1.90. The molecule has 21 heavy (non-hydrogen) atoms. The Morgan fingerprint density at radius 2 is 2.00 bits per heavy atom. The minimum Gasteiger partial charge on any atom is -0.322 e. The number of hydrogen-bond donors (Lipinski definition) is 1. The molecular formula is C14H10BrN5O. The van der Waals surface area contributed by atoms with E-state index in [-0.39, 0.29) is 5.91 Å². The molecule has 3 aromatic rings. The van der Waals surface area contributed by atoms with Crippen molar-refractivity contribution in [3.05, 3.63) is 64.9 Å². The average Bonchev–Trinajstić information content (AvgIpc) is 3.01. The zero-order valence-corrected chi connectivity index (χ0v) is 12.4. The number of anilines is 1. The summed E-state index contributed by atoms with van der Waals surface area (Å²) in [6.45, 7) is 0. The van der Waals surface area contributed by atoms with E-state index in [1.165, 1.54) is 11.0 Å². The van der Waals surface area contributed by atoms with Crippen molar-refractivity contribution in [1.82, 2.24) is 20.2 Å². The van der Waals surface area contributed by atoms with Crippen LogP contribution in [0.15, 0.2) is 59.3 Å². The van der Waals surface area contributed by atoms with E-state index in [2.05, 4.69) is 36.8 Å². The van der Waals surface area contributed by atoms with Crippen LogP contribution in [0, 0.1) is 0 Å². The van der Waals surface area contributed by atoms with Crippen LogP contribution in [0.3, 0.4) is 0 Å². The second-order valence-corrected chi connectivity index (χ2v) is 5.15. The van der Waals surface area contributed by atoms with E-state index in [9.17, 15) is 4.79 Å². The Labute approximate surface area is 128 Å². The molecule has 0 bridgehead atoms. The lowest BCUT2D eigenvalue weighted by Crippen LogP contribution is -2.15. The molecule has 0 spiro atoms. The Balaban J connectivity index is 1.92. The molecular weight excluding hydrogens is 334 g/mol. The first kappa shape index (κ1) is 13.4. The number of halogens is 1. The molecule has 0 fully saturated rings. The molecule has 0 saturated carbocycles. The summed E-state index contributed by atoms with van der Waals surface area (Å²) in [4.78, 5) is 12.4. The summed E-state index contributed by atoms with van der Waals surface area (Å²) >= 11 is 3.37. The fourth-order valence-corrected chi connectivity index (χ4v) is 2.30. The van der Waals surface area contributed by atoms with Crippen LogP contribution in [0.1, 0.15) is 10.4 Å². The molecule has 6 nitrogen and oxygen atoms in total. The number of nitrogens with one attached hydrogen (secondary N) is 1. The second kappa shape index (κ2) is 5.84. The first-order valence-electron chi connectivity index (χ1n) is 6.13. The van der Waals surface area contributed by atoms with Crippen LogP contribution in [0.4, 0.5) is 5.69 Å². The largest absolute Gasteiger partial charge is 0.322 e. The zero-order chi connectivity index (χ0) is 14.7. The lowest BCUT2D eigenvalue weighted by Gasteiger charge is -2.09. The monoisotopic (exact) mass is 343 g/mol. The van der Waals surface area contributed by atoms with E-state index in [0.717, 1.165) is 4.47 Å². The molecule has 0 atom stereocenters. The summed E-state index contributed by atoms with van der Waals surface area (Å²) in [5.41, 5.74) is 1.82. The summed E-state index contributed by atoms with van der Waals surface area (Å²) in [6, 6.07) is 14.5. The molecule has 7 heteroatoms. The average molecular weight is 344 g/mol. The van der Waals surface area contributed by atoms with Gasteiger partial charge < -0.3 is 5.32 Å². The first-order chi connectivity index (χ1) is 10.2. The number of tetrazole rings is 1. The summed E-state index contributed by atoms with van der Waals surface area (Å²) < 4.78 is 2.35. The summed E-state index contributed by atoms with van der Waals surface area (Å²) in [5, 5.41) is 13.8. The van der Waals surface area contributed by atoms with Gasteiger partial charge in [0.2, 0.25) is 0 Å². The van der Waals surface area contributed by atoms with Crippen molar-refractivity contribution in [3.63, 3.8) is 0 Å². The smallest absolute Gasteiger partial charge is 0.257 e. The molecule has 3 rings (SSSR count). The van der Waals surface area contributed by atoms with Crippen LogP contribution in [0.25, 0.3) is 5.69 Å². The minimum atomic E-state index is -0.223. The highest BCUT2D eigenvalue weighted by molar-refractivity contribution is 9.10. The SMILES string of the molecule is O=C(Nc1cccc(Br)c1)c1ccccc1-n1cnnn1. The van der Waals surface area contributed by atoms with Gasteiger partial charge >= 0.3 is 0 Å². The molecule has 1 amide bonds. The Hall–Kier alpha value is -2.54. The molecule has 0 aliphatic rings. The summed E-state index contributed by atoms with van der Waals surface area (Å²) in [7, 11) is 0. The predicted molar refractivity (Wildman–Crippen MR) is 81.2 cm³/mol. The van der Waals surface area contributed by atoms with Crippen molar-refractivity contribution >= 4 is 27.5 Å². The number of rotatable bonds is 3. The van der Waals surface area contributed by atoms with Crippen LogP contribution in [0.5, 0.6) is 0 Å². The summed E-state index contributed by atoms with van der Waals surface area (Å²) in [6.07, 6.45) is 1.45. The van der Waals surface area contributed by atoms with Crippen molar-refractivity contribution in [1.29, 1.82) is 0 Å². The Morgan fingerprint density at radius 1 is 1.14 bits per heavy atom. The van der Waals surface area contributed by atoms with E-state index >= 15 is 0 Å². The maximum absolute atomic E-state index is 12.4. The quantitative estimate of drug-likeness (QED) is 0.793. The van der Waals surface area contributed by atoms with Gasteiger partial charge in [-0.1, -0.05) is 34.1 Å². The number of benzene rings is 2. The number of carbonyl (C=O) groups excluding carboxylic acids is 1. The van der Waals surface area contributed by atoms with Gasteiger partial charge in [-0.2, -0.15) is 4.68 Å². The number of nitrogens with zero attached hydrogens (tertiary/aromatic N) is 4. The van der Waals surface area contributed by atoms with Crippen LogP contribution in [-0.2, 0) is 0 Å². The number of para-hydroxylation sites is 1.